The molecule has 2 N–H and O–H groups in total. The van der Waals surface area contributed by atoms with Crippen LogP contribution in [0.4, 0.5) is 0 Å². The van der Waals surface area contributed by atoms with E-state index in [9.17, 15) is 0 Å². The van der Waals surface area contributed by atoms with E-state index in [0.29, 0.717) is 25.0 Å². The van der Waals surface area contributed by atoms with E-state index in [1.54, 1.807) is 0 Å². The lowest BCUT2D eigenvalue weighted by molar-refractivity contribution is 0.169. The Morgan fingerprint density at radius 1 is 0.952 bits per heavy atom. The molecule has 4 rings (SSSR count). The summed E-state index contributed by atoms with van der Waals surface area (Å²) in [6.07, 6.45) is 1.15. The van der Waals surface area contributed by atoms with Crippen LogP contribution in [0.1, 0.15) is 29.5 Å². The van der Waals surface area contributed by atoms with Crippen molar-refractivity contribution in [3.8, 4) is 11.5 Å². The summed E-state index contributed by atoms with van der Waals surface area (Å²) in [5.41, 5.74) is 8.98. The Morgan fingerprint density at radius 3 is 2.62 bits per heavy atom. The van der Waals surface area contributed by atoms with Crippen molar-refractivity contribution >= 4 is 0 Å². The number of rotatable bonds is 3. The highest BCUT2D eigenvalue weighted by Gasteiger charge is 2.44. The van der Waals surface area contributed by atoms with E-state index in [0.717, 1.165) is 23.5 Å². The molecule has 2 aromatic rings. The second-order valence-electron chi connectivity index (χ2n) is 5.81. The number of hydrogen-bond donors (Lipinski definition) is 1. The van der Waals surface area contributed by atoms with Gasteiger partial charge in [-0.1, -0.05) is 42.5 Å². The largest absolute Gasteiger partial charge is 0.486 e. The molecule has 3 nitrogen and oxygen atoms in total. The van der Waals surface area contributed by atoms with Crippen LogP contribution in [-0.2, 0) is 0 Å². The highest BCUT2D eigenvalue weighted by molar-refractivity contribution is 5.49. The fourth-order valence-corrected chi connectivity index (χ4v) is 3.28. The molecule has 1 heterocycles. The Balaban J connectivity index is 1.58. The van der Waals surface area contributed by atoms with Crippen LogP contribution in [0.5, 0.6) is 11.5 Å². The molecule has 0 amide bonds. The number of ether oxygens (including phenoxy) is 2. The van der Waals surface area contributed by atoms with Gasteiger partial charge in [-0.05, 0) is 29.9 Å². The molecule has 2 aromatic carbocycles. The Kier molecular flexibility index (Phi) is 3.08. The number of benzene rings is 2. The van der Waals surface area contributed by atoms with Crippen LogP contribution in [-0.4, -0.2) is 13.2 Å². The molecule has 0 bridgehead atoms. The van der Waals surface area contributed by atoms with Crippen LogP contribution in [0, 0.1) is 5.92 Å². The Hall–Kier alpha value is -2.00. The molecule has 1 fully saturated rings. The van der Waals surface area contributed by atoms with Gasteiger partial charge in [0.05, 0.1) is 0 Å². The van der Waals surface area contributed by atoms with E-state index < -0.39 is 0 Å². The Labute approximate surface area is 124 Å². The average Bonchev–Trinajstić information content (AvgIpc) is 3.35. The highest BCUT2D eigenvalue weighted by atomic mass is 16.6. The molecule has 2 aliphatic rings. The van der Waals surface area contributed by atoms with E-state index in [1.807, 2.05) is 12.1 Å². The van der Waals surface area contributed by atoms with Gasteiger partial charge in [0.1, 0.15) is 13.2 Å². The van der Waals surface area contributed by atoms with Gasteiger partial charge >= 0.3 is 0 Å². The van der Waals surface area contributed by atoms with Crippen molar-refractivity contribution < 1.29 is 9.47 Å². The molecule has 3 atom stereocenters. The molecule has 1 aliphatic heterocycles. The SMILES string of the molecule is NC(c1cccc2c1OCCO2)C1CC1c1ccccc1. The average molecular weight is 281 g/mol. The third-order valence-corrected chi connectivity index (χ3v) is 4.48. The maximum Gasteiger partial charge on any atom is 0.166 e. The Bertz CT molecular complexity index is 641. The molecular weight excluding hydrogens is 262 g/mol. The molecule has 1 aliphatic carbocycles. The number of hydrogen-bond acceptors (Lipinski definition) is 3. The quantitative estimate of drug-likeness (QED) is 0.939. The first-order chi connectivity index (χ1) is 10.3. The maximum atomic E-state index is 6.52. The van der Waals surface area contributed by atoms with Crippen LogP contribution in [0.25, 0.3) is 0 Å². The summed E-state index contributed by atoms with van der Waals surface area (Å²) in [7, 11) is 0. The molecule has 0 radical (unpaired) electrons. The van der Waals surface area contributed by atoms with Crippen molar-refractivity contribution in [1.82, 2.24) is 0 Å². The van der Waals surface area contributed by atoms with Crippen molar-refractivity contribution in [3.05, 3.63) is 59.7 Å². The van der Waals surface area contributed by atoms with Gasteiger partial charge in [0.25, 0.3) is 0 Å². The third-order valence-electron chi connectivity index (χ3n) is 4.48. The van der Waals surface area contributed by atoms with Crippen LogP contribution in [0.2, 0.25) is 0 Å². The minimum Gasteiger partial charge on any atom is -0.486 e. The lowest BCUT2D eigenvalue weighted by Crippen LogP contribution is -2.20. The fraction of sp³-hybridized carbons (Fsp3) is 0.333. The number of fused-ring (bicyclic) bond motifs is 1. The van der Waals surface area contributed by atoms with Crippen LogP contribution >= 0.6 is 0 Å². The second kappa shape index (κ2) is 5.08. The zero-order valence-corrected chi connectivity index (χ0v) is 11.9. The van der Waals surface area contributed by atoms with E-state index in [4.69, 9.17) is 15.2 Å². The molecule has 3 unspecified atom stereocenters. The monoisotopic (exact) mass is 281 g/mol. The molecular formula is C18H19NO2. The summed E-state index contributed by atoms with van der Waals surface area (Å²) in [6.45, 7) is 1.21. The summed E-state index contributed by atoms with van der Waals surface area (Å²) in [5.74, 6) is 2.73. The normalized spacial score (nSPS) is 24.4. The lowest BCUT2D eigenvalue weighted by atomic mass is 9.98. The summed E-state index contributed by atoms with van der Waals surface area (Å²) in [4.78, 5) is 0. The number of para-hydroxylation sites is 1. The number of nitrogens with two attached hydrogens (primary N) is 1. The van der Waals surface area contributed by atoms with Crippen molar-refractivity contribution in [2.24, 2.45) is 11.7 Å². The topological polar surface area (TPSA) is 44.5 Å². The molecule has 0 aromatic heterocycles. The maximum absolute atomic E-state index is 6.52. The van der Waals surface area contributed by atoms with Crippen LogP contribution in [0.3, 0.4) is 0 Å². The molecule has 3 heteroatoms. The predicted molar refractivity (Wildman–Crippen MR) is 81.7 cm³/mol. The van der Waals surface area contributed by atoms with Crippen molar-refractivity contribution in [1.29, 1.82) is 0 Å². The van der Waals surface area contributed by atoms with E-state index in [2.05, 4.69) is 36.4 Å². The van der Waals surface area contributed by atoms with E-state index in [1.165, 1.54) is 5.56 Å². The van der Waals surface area contributed by atoms with Crippen LogP contribution < -0.4 is 15.2 Å². The van der Waals surface area contributed by atoms with Gasteiger partial charge in [0.2, 0.25) is 0 Å². The van der Waals surface area contributed by atoms with Gasteiger partial charge < -0.3 is 15.2 Å². The molecule has 21 heavy (non-hydrogen) atoms. The van der Waals surface area contributed by atoms with Gasteiger partial charge in [-0.25, -0.2) is 0 Å². The van der Waals surface area contributed by atoms with Gasteiger partial charge in [-0.2, -0.15) is 0 Å². The van der Waals surface area contributed by atoms with Crippen LogP contribution in [0.15, 0.2) is 48.5 Å². The first-order valence-corrected chi connectivity index (χ1v) is 7.53. The van der Waals surface area contributed by atoms with Gasteiger partial charge in [0.15, 0.2) is 11.5 Å². The van der Waals surface area contributed by atoms with E-state index in [-0.39, 0.29) is 6.04 Å². The van der Waals surface area contributed by atoms with E-state index >= 15 is 0 Å². The minimum absolute atomic E-state index is 0.00635. The molecule has 0 saturated heterocycles. The summed E-state index contributed by atoms with van der Waals surface area (Å²) >= 11 is 0. The molecule has 1 saturated carbocycles. The summed E-state index contributed by atoms with van der Waals surface area (Å²) in [5, 5.41) is 0. The summed E-state index contributed by atoms with van der Waals surface area (Å²) < 4.78 is 11.4. The highest BCUT2D eigenvalue weighted by Crippen LogP contribution is 2.55. The first kappa shape index (κ1) is 12.7. The smallest absolute Gasteiger partial charge is 0.166 e. The molecule has 0 spiro atoms. The van der Waals surface area contributed by atoms with Crippen molar-refractivity contribution in [2.45, 2.75) is 18.4 Å². The van der Waals surface area contributed by atoms with Crippen molar-refractivity contribution in [2.75, 3.05) is 13.2 Å². The third kappa shape index (κ3) is 2.28. The summed E-state index contributed by atoms with van der Waals surface area (Å²) in [6, 6.07) is 16.7. The second-order valence-corrected chi connectivity index (χ2v) is 5.81. The zero-order valence-electron chi connectivity index (χ0n) is 11.9. The predicted octanol–water partition coefficient (Wildman–Crippen LogP) is 3.26. The minimum atomic E-state index is 0.00635. The van der Waals surface area contributed by atoms with Gasteiger partial charge in [0, 0.05) is 11.6 Å². The van der Waals surface area contributed by atoms with Gasteiger partial charge in [-0.3, -0.25) is 0 Å². The van der Waals surface area contributed by atoms with Crippen molar-refractivity contribution in [3.63, 3.8) is 0 Å². The fourth-order valence-electron chi connectivity index (χ4n) is 3.28. The Morgan fingerprint density at radius 2 is 1.76 bits per heavy atom. The van der Waals surface area contributed by atoms with Gasteiger partial charge in [-0.15, -0.1) is 0 Å². The zero-order chi connectivity index (χ0) is 14.2. The first-order valence-electron chi connectivity index (χ1n) is 7.53. The lowest BCUT2D eigenvalue weighted by Gasteiger charge is -2.23. The molecule has 108 valence electrons. The standard InChI is InChI=1S/C18H19NO2/c19-17(15-11-14(15)12-5-2-1-3-6-12)13-7-4-8-16-18(13)21-10-9-20-16/h1-8,14-15,17H,9-11,19H2.